The molecule has 90 valence electrons. The Kier molecular flexibility index (Phi) is 4.77. The maximum atomic E-state index is 9.75. The molecule has 1 aromatic heterocycles. The van der Waals surface area contributed by atoms with Crippen molar-refractivity contribution in [3.05, 3.63) is 23.4 Å². The van der Waals surface area contributed by atoms with Gasteiger partial charge in [-0.1, -0.05) is 0 Å². The number of hydrogen-bond donors (Lipinski definition) is 2. The number of aryl methyl sites for hydroxylation is 2. The first kappa shape index (κ1) is 13.5. The molecule has 0 saturated carbocycles. The van der Waals surface area contributed by atoms with E-state index in [0.29, 0.717) is 13.0 Å². The zero-order valence-corrected chi connectivity index (χ0v) is 11.0. The fraction of sp³-hybridized carbons (Fsp3) is 0.583. The Bertz CT molecular complexity index is 333. The molecule has 0 spiro atoms. The minimum absolute atomic E-state index is 0.299. The van der Waals surface area contributed by atoms with Crippen LogP contribution in [0.25, 0.3) is 0 Å². The zero-order chi connectivity index (χ0) is 12.2. The van der Waals surface area contributed by atoms with Gasteiger partial charge in [0.25, 0.3) is 0 Å². The summed E-state index contributed by atoms with van der Waals surface area (Å²) in [5, 5.41) is 10.8. The Balaban J connectivity index is 2.49. The summed E-state index contributed by atoms with van der Waals surface area (Å²) in [4.78, 5) is 4.43. The van der Waals surface area contributed by atoms with Crippen LogP contribution in [0.15, 0.2) is 17.2 Å². The molecule has 0 amide bonds. The average Bonchev–Trinajstić information content (AvgIpc) is 2.16. The van der Waals surface area contributed by atoms with Crippen LogP contribution in [-0.4, -0.2) is 28.0 Å². The van der Waals surface area contributed by atoms with E-state index in [4.69, 9.17) is 5.73 Å². The van der Waals surface area contributed by atoms with E-state index in [0.717, 1.165) is 16.5 Å². The van der Waals surface area contributed by atoms with Crippen molar-refractivity contribution in [3.8, 4) is 0 Å². The number of thioether (sulfide) groups is 1. The van der Waals surface area contributed by atoms with E-state index in [1.165, 1.54) is 5.56 Å². The predicted octanol–water partition coefficient (Wildman–Crippen LogP) is 1.89. The Labute approximate surface area is 101 Å². The molecule has 0 aromatic carbocycles. The molecule has 1 atom stereocenters. The number of aliphatic hydroxyl groups is 1. The lowest BCUT2D eigenvalue weighted by molar-refractivity contribution is 0.0665. The van der Waals surface area contributed by atoms with Gasteiger partial charge in [0.2, 0.25) is 0 Å². The molecule has 4 heteroatoms. The molecule has 0 fully saturated rings. The van der Waals surface area contributed by atoms with Crippen molar-refractivity contribution in [2.75, 3.05) is 12.3 Å². The normalized spacial score (nSPS) is 14.8. The SMILES string of the molecule is Cc1cc(C)nc(SCCC(C)(O)CN)c1. The van der Waals surface area contributed by atoms with Gasteiger partial charge in [-0.25, -0.2) is 4.98 Å². The zero-order valence-electron chi connectivity index (χ0n) is 10.2. The molecule has 0 bridgehead atoms. The molecular formula is C12H20N2OS. The monoisotopic (exact) mass is 240 g/mol. The number of hydrogen-bond acceptors (Lipinski definition) is 4. The molecule has 0 aliphatic rings. The third kappa shape index (κ3) is 4.51. The van der Waals surface area contributed by atoms with Crippen LogP contribution in [0.1, 0.15) is 24.6 Å². The van der Waals surface area contributed by atoms with Gasteiger partial charge in [0, 0.05) is 18.0 Å². The fourth-order valence-corrected chi connectivity index (χ4v) is 2.58. The first-order valence-electron chi connectivity index (χ1n) is 5.43. The van der Waals surface area contributed by atoms with Gasteiger partial charge in [0.15, 0.2) is 0 Å². The highest BCUT2D eigenvalue weighted by Crippen LogP contribution is 2.21. The summed E-state index contributed by atoms with van der Waals surface area (Å²) in [5.41, 5.74) is 6.96. The minimum Gasteiger partial charge on any atom is -0.389 e. The van der Waals surface area contributed by atoms with Gasteiger partial charge in [-0.15, -0.1) is 11.8 Å². The van der Waals surface area contributed by atoms with Crippen LogP contribution in [-0.2, 0) is 0 Å². The summed E-state index contributed by atoms with van der Waals surface area (Å²) in [6.45, 7) is 6.12. The fourth-order valence-electron chi connectivity index (χ4n) is 1.36. The van der Waals surface area contributed by atoms with Crippen molar-refractivity contribution in [1.82, 2.24) is 4.98 Å². The highest BCUT2D eigenvalue weighted by atomic mass is 32.2. The van der Waals surface area contributed by atoms with Gasteiger partial charge < -0.3 is 10.8 Å². The maximum Gasteiger partial charge on any atom is 0.0965 e. The van der Waals surface area contributed by atoms with E-state index in [1.807, 2.05) is 6.92 Å². The Morgan fingerprint density at radius 1 is 1.44 bits per heavy atom. The van der Waals surface area contributed by atoms with Crippen LogP contribution in [0.4, 0.5) is 0 Å². The van der Waals surface area contributed by atoms with Crippen molar-refractivity contribution in [3.63, 3.8) is 0 Å². The summed E-state index contributed by atoms with van der Waals surface area (Å²) in [5.74, 6) is 0.833. The van der Waals surface area contributed by atoms with E-state index in [-0.39, 0.29) is 0 Å². The van der Waals surface area contributed by atoms with Crippen LogP contribution < -0.4 is 5.73 Å². The smallest absolute Gasteiger partial charge is 0.0965 e. The molecule has 3 N–H and O–H groups in total. The minimum atomic E-state index is -0.758. The molecule has 16 heavy (non-hydrogen) atoms. The molecule has 0 radical (unpaired) electrons. The van der Waals surface area contributed by atoms with Crippen molar-refractivity contribution in [2.45, 2.75) is 37.8 Å². The van der Waals surface area contributed by atoms with Gasteiger partial charge in [0.1, 0.15) is 0 Å². The molecule has 1 heterocycles. The van der Waals surface area contributed by atoms with Gasteiger partial charge in [0.05, 0.1) is 10.6 Å². The van der Waals surface area contributed by atoms with Gasteiger partial charge in [-0.2, -0.15) is 0 Å². The van der Waals surface area contributed by atoms with E-state index in [1.54, 1.807) is 18.7 Å². The van der Waals surface area contributed by atoms with Gasteiger partial charge in [-0.05, 0) is 44.9 Å². The van der Waals surface area contributed by atoms with Gasteiger partial charge in [-0.3, -0.25) is 0 Å². The van der Waals surface area contributed by atoms with Crippen LogP contribution in [0.5, 0.6) is 0 Å². The van der Waals surface area contributed by atoms with E-state index in [9.17, 15) is 5.11 Å². The van der Waals surface area contributed by atoms with Crippen molar-refractivity contribution in [1.29, 1.82) is 0 Å². The standard InChI is InChI=1S/C12H20N2OS/c1-9-6-10(2)14-11(7-9)16-5-4-12(3,15)8-13/h6-7,15H,4-5,8,13H2,1-3H3. The van der Waals surface area contributed by atoms with Crippen LogP contribution in [0.3, 0.4) is 0 Å². The van der Waals surface area contributed by atoms with Crippen LogP contribution >= 0.6 is 11.8 Å². The Morgan fingerprint density at radius 3 is 2.69 bits per heavy atom. The molecule has 0 saturated heterocycles. The summed E-state index contributed by atoms with van der Waals surface area (Å²) in [7, 11) is 0. The molecule has 1 rings (SSSR count). The number of aromatic nitrogens is 1. The first-order chi connectivity index (χ1) is 7.43. The third-order valence-corrected chi connectivity index (χ3v) is 3.32. The molecule has 1 unspecified atom stereocenters. The lowest BCUT2D eigenvalue weighted by Gasteiger charge is -2.20. The van der Waals surface area contributed by atoms with Crippen molar-refractivity contribution >= 4 is 11.8 Å². The molecular weight excluding hydrogens is 220 g/mol. The molecule has 0 aliphatic carbocycles. The second kappa shape index (κ2) is 5.66. The van der Waals surface area contributed by atoms with Crippen molar-refractivity contribution < 1.29 is 5.11 Å². The predicted molar refractivity (Wildman–Crippen MR) is 68.7 cm³/mol. The number of pyridine rings is 1. The number of nitrogens with zero attached hydrogens (tertiary/aromatic N) is 1. The lowest BCUT2D eigenvalue weighted by atomic mass is 10.1. The molecule has 3 nitrogen and oxygen atoms in total. The highest BCUT2D eigenvalue weighted by molar-refractivity contribution is 7.99. The third-order valence-electron chi connectivity index (χ3n) is 2.40. The van der Waals surface area contributed by atoms with E-state index in [2.05, 4.69) is 24.0 Å². The van der Waals surface area contributed by atoms with E-state index < -0.39 is 5.60 Å². The topological polar surface area (TPSA) is 59.1 Å². The maximum absolute atomic E-state index is 9.75. The van der Waals surface area contributed by atoms with Crippen LogP contribution in [0.2, 0.25) is 0 Å². The molecule has 0 aliphatic heterocycles. The largest absolute Gasteiger partial charge is 0.389 e. The lowest BCUT2D eigenvalue weighted by Crippen LogP contribution is -2.34. The van der Waals surface area contributed by atoms with Gasteiger partial charge >= 0.3 is 0 Å². The van der Waals surface area contributed by atoms with E-state index >= 15 is 0 Å². The number of rotatable bonds is 5. The quantitative estimate of drug-likeness (QED) is 0.772. The summed E-state index contributed by atoms with van der Waals surface area (Å²) < 4.78 is 0. The molecule has 1 aromatic rings. The summed E-state index contributed by atoms with van der Waals surface area (Å²) >= 11 is 1.66. The summed E-state index contributed by atoms with van der Waals surface area (Å²) in [6.07, 6.45) is 0.683. The Hall–Kier alpha value is -0.580. The Morgan fingerprint density at radius 2 is 2.12 bits per heavy atom. The first-order valence-corrected chi connectivity index (χ1v) is 6.42. The van der Waals surface area contributed by atoms with Crippen LogP contribution in [0, 0.1) is 13.8 Å². The second-order valence-corrected chi connectivity index (χ2v) is 5.54. The summed E-state index contributed by atoms with van der Waals surface area (Å²) in [6, 6.07) is 4.12. The van der Waals surface area contributed by atoms with Crippen molar-refractivity contribution in [2.24, 2.45) is 5.73 Å². The number of nitrogens with two attached hydrogens (primary N) is 1. The second-order valence-electron chi connectivity index (χ2n) is 4.42. The average molecular weight is 240 g/mol. The highest BCUT2D eigenvalue weighted by Gasteiger charge is 2.17.